The number of carbonyl (C=O) groups is 1. The maximum atomic E-state index is 11.8. The minimum absolute atomic E-state index is 0.159. The van der Waals surface area contributed by atoms with E-state index in [0.29, 0.717) is 23.7 Å². The average molecular weight is 234 g/mol. The monoisotopic (exact) mass is 234 g/mol. The van der Waals surface area contributed by atoms with Gasteiger partial charge in [0, 0.05) is 17.8 Å². The van der Waals surface area contributed by atoms with Crippen molar-refractivity contribution in [3.63, 3.8) is 0 Å². The fourth-order valence-corrected chi connectivity index (χ4v) is 1.76. The minimum atomic E-state index is -0.408. The summed E-state index contributed by atoms with van der Waals surface area (Å²) >= 11 is 0. The molecule has 92 valence electrons. The van der Waals surface area contributed by atoms with Gasteiger partial charge < -0.3 is 16.2 Å². The highest BCUT2D eigenvalue weighted by Crippen LogP contribution is 2.32. The van der Waals surface area contributed by atoms with Crippen LogP contribution in [0.15, 0.2) is 18.2 Å². The first-order valence-corrected chi connectivity index (χ1v) is 5.90. The van der Waals surface area contributed by atoms with Crippen LogP contribution in [-0.2, 0) is 0 Å². The Morgan fingerprint density at radius 1 is 1.59 bits per heavy atom. The molecule has 1 saturated carbocycles. The number of hydrogen-bond donors (Lipinski definition) is 3. The molecule has 1 amide bonds. The van der Waals surface area contributed by atoms with Crippen LogP contribution in [0.25, 0.3) is 0 Å². The number of aryl methyl sites for hydroxylation is 1. The Hall–Kier alpha value is -1.55. The maximum Gasteiger partial charge on any atom is 0.251 e. The third-order valence-corrected chi connectivity index (χ3v) is 3.17. The van der Waals surface area contributed by atoms with Gasteiger partial charge in [-0.25, -0.2) is 0 Å². The molecule has 1 aliphatic rings. The summed E-state index contributed by atoms with van der Waals surface area (Å²) in [6, 6.07) is 5.18. The Morgan fingerprint density at radius 2 is 2.29 bits per heavy atom. The summed E-state index contributed by atoms with van der Waals surface area (Å²) in [5.74, 6) is 0.219. The zero-order valence-electron chi connectivity index (χ0n) is 9.94. The fraction of sp³-hybridized carbons (Fsp3) is 0.462. The second-order valence-corrected chi connectivity index (χ2v) is 4.69. The molecule has 1 unspecified atom stereocenters. The lowest BCUT2D eigenvalue weighted by Gasteiger charge is -2.11. The van der Waals surface area contributed by atoms with Gasteiger partial charge in [0.15, 0.2) is 0 Å². The molecule has 0 spiro atoms. The number of benzene rings is 1. The van der Waals surface area contributed by atoms with Crippen molar-refractivity contribution in [2.24, 2.45) is 5.92 Å². The molecule has 17 heavy (non-hydrogen) atoms. The van der Waals surface area contributed by atoms with Crippen LogP contribution in [0.2, 0.25) is 0 Å². The molecule has 0 saturated heterocycles. The SMILES string of the molecule is Cc1cc(C(=O)NCC(O)C2CC2)ccc1N. The second-order valence-electron chi connectivity index (χ2n) is 4.69. The summed E-state index contributed by atoms with van der Waals surface area (Å²) in [4.78, 5) is 11.8. The summed E-state index contributed by atoms with van der Waals surface area (Å²) in [5.41, 5.74) is 7.84. The van der Waals surface area contributed by atoms with Crippen LogP contribution in [0, 0.1) is 12.8 Å². The normalized spacial score (nSPS) is 16.6. The highest BCUT2D eigenvalue weighted by molar-refractivity contribution is 5.94. The molecule has 0 radical (unpaired) electrons. The van der Waals surface area contributed by atoms with Gasteiger partial charge in [0.2, 0.25) is 0 Å². The van der Waals surface area contributed by atoms with Gasteiger partial charge in [0.1, 0.15) is 0 Å². The number of amides is 1. The van der Waals surface area contributed by atoms with E-state index in [1.54, 1.807) is 18.2 Å². The molecule has 1 aromatic rings. The molecular weight excluding hydrogens is 216 g/mol. The fourth-order valence-electron chi connectivity index (χ4n) is 1.76. The van der Waals surface area contributed by atoms with E-state index in [-0.39, 0.29) is 5.91 Å². The summed E-state index contributed by atoms with van der Waals surface area (Å²) < 4.78 is 0. The Kier molecular flexibility index (Phi) is 3.33. The van der Waals surface area contributed by atoms with Crippen molar-refractivity contribution >= 4 is 11.6 Å². The quantitative estimate of drug-likeness (QED) is 0.682. The highest BCUT2D eigenvalue weighted by atomic mass is 16.3. The number of nitrogens with one attached hydrogen (secondary N) is 1. The van der Waals surface area contributed by atoms with Crippen LogP contribution in [-0.4, -0.2) is 23.7 Å². The van der Waals surface area contributed by atoms with Gasteiger partial charge in [-0.05, 0) is 49.4 Å². The van der Waals surface area contributed by atoms with Gasteiger partial charge in [0.25, 0.3) is 5.91 Å². The van der Waals surface area contributed by atoms with Crippen molar-refractivity contribution in [3.05, 3.63) is 29.3 Å². The topological polar surface area (TPSA) is 75.3 Å². The lowest BCUT2D eigenvalue weighted by molar-refractivity contribution is 0.0901. The van der Waals surface area contributed by atoms with E-state index >= 15 is 0 Å². The average Bonchev–Trinajstić information content (AvgIpc) is 3.13. The van der Waals surface area contributed by atoms with Crippen LogP contribution < -0.4 is 11.1 Å². The number of hydrogen-bond acceptors (Lipinski definition) is 3. The molecule has 0 aromatic heterocycles. The first-order valence-electron chi connectivity index (χ1n) is 5.90. The van der Waals surface area contributed by atoms with E-state index in [0.717, 1.165) is 18.4 Å². The zero-order valence-corrected chi connectivity index (χ0v) is 9.94. The maximum absolute atomic E-state index is 11.8. The Balaban J connectivity index is 1.92. The minimum Gasteiger partial charge on any atom is -0.399 e. The van der Waals surface area contributed by atoms with E-state index in [2.05, 4.69) is 5.32 Å². The number of nitrogen functional groups attached to an aromatic ring is 1. The van der Waals surface area contributed by atoms with Gasteiger partial charge in [0.05, 0.1) is 6.10 Å². The molecule has 1 aromatic carbocycles. The third kappa shape index (κ3) is 2.97. The number of anilines is 1. The van der Waals surface area contributed by atoms with Crippen LogP contribution in [0.4, 0.5) is 5.69 Å². The largest absolute Gasteiger partial charge is 0.399 e. The zero-order chi connectivity index (χ0) is 12.4. The Labute approximate surface area is 101 Å². The summed E-state index contributed by atoms with van der Waals surface area (Å²) in [6.45, 7) is 2.19. The molecule has 1 fully saturated rings. The lowest BCUT2D eigenvalue weighted by atomic mass is 10.1. The standard InChI is InChI=1S/C13H18N2O2/c1-8-6-10(4-5-11(8)14)13(17)15-7-12(16)9-2-3-9/h4-6,9,12,16H,2-3,7,14H2,1H3,(H,15,17). The van der Waals surface area contributed by atoms with Crippen molar-refractivity contribution in [1.82, 2.24) is 5.32 Å². The summed E-state index contributed by atoms with van der Waals surface area (Å²) in [7, 11) is 0. The molecule has 0 aliphatic heterocycles. The molecule has 0 bridgehead atoms. The van der Waals surface area contributed by atoms with Crippen LogP contribution in [0.3, 0.4) is 0 Å². The van der Waals surface area contributed by atoms with Gasteiger partial charge in [-0.3, -0.25) is 4.79 Å². The number of nitrogens with two attached hydrogens (primary N) is 1. The van der Waals surface area contributed by atoms with Crippen LogP contribution in [0.5, 0.6) is 0 Å². The van der Waals surface area contributed by atoms with E-state index in [1.165, 1.54) is 0 Å². The van der Waals surface area contributed by atoms with Crippen LogP contribution in [0.1, 0.15) is 28.8 Å². The molecule has 1 atom stereocenters. The van der Waals surface area contributed by atoms with Crippen molar-refractivity contribution in [3.8, 4) is 0 Å². The first kappa shape index (κ1) is 11.9. The van der Waals surface area contributed by atoms with Crippen molar-refractivity contribution < 1.29 is 9.90 Å². The number of aliphatic hydroxyl groups excluding tert-OH is 1. The summed E-state index contributed by atoms with van der Waals surface area (Å²) in [6.07, 6.45) is 1.73. The highest BCUT2D eigenvalue weighted by Gasteiger charge is 2.29. The first-order chi connectivity index (χ1) is 8.08. The second kappa shape index (κ2) is 4.75. The van der Waals surface area contributed by atoms with Crippen molar-refractivity contribution in [2.75, 3.05) is 12.3 Å². The van der Waals surface area contributed by atoms with Crippen molar-refractivity contribution in [2.45, 2.75) is 25.9 Å². The Bertz CT molecular complexity index is 427. The van der Waals surface area contributed by atoms with Gasteiger partial charge in [-0.1, -0.05) is 0 Å². The third-order valence-electron chi connectivity index (χ3n) is 3.17. The molecule has 4 nitrogen and oxygen atoms in total. The molecule has 2 rings (SSSR count). The number of carbonyl (C=O) groups excluding carboxylic acids is 1. The molecule has 1 aliphatic carbocycles. The number of aliphatic hydroxyl groups is 1. The van der Waals surface area contributed by atoms with Gasteiger partial charge in [-0.2, -0.15) is 0 Å². The lowest BCUT2D eigenvalue weighted by Crippen LogP contribution is -2.33. The molecular formula is C13H18N2O2. The van der Waals surface area contributed by atoms with Crippen LogP contribution >= 0.6 is 0 Å². The predicted octanol–water partition coefficient (Wildman–Crippen LogP) is 1.08. The van der Waals surface area contributed by atoms with Crippen molar-refractivity contribution in [1.29, 1.82) is 0 Å². The van der Waals surface area contributed by atoms with E-state index in [9.17, 15) is 9.90 Å². The van der Waals surface area contributed by atoms with Gasteiger partial charge >= 0.3 is 0 Å². The smallest absolute Gasteiger partial charge is 0.251 e. The summed E-state index contributed by atoms with van der Waals surface area (Å²) in [5, 5.41) is 12.4. The Morgan fingerprint density at radius 3 is 2.88 bits per heavy atom. The molecule has 0 heterocycles. The van der Waals surface area contributed by atoms with E-state index < -0.39 is 6.10 Å². The van der Waals surface area contributed by atoms with E-state index in [1.807, 2.05) is 6.92 Å². The predicted molar refractivity (Wildman–Crippen MR) is 66.7 cm³/mol. The number of rotatable bonds is 4. The molecule has 4 N–H and O–H groups in total. The van der Waals surface area contributed by atoms with E-state index in [4.69, 9.17) is 5.73 Å². The van der Waals surface area contributed by atoms with Gasteiger partial charge in [-0.15, -0.1) is 0 Å². The molecule has 4 heteroatoms.